The van der Waals surface area contributed by atoms with Crippen molar-refractivity contribution in [2.75, 3.05) is 6.61 Å². The van der Waals surface area contributed by atoms with E-state index in [0.29, 0.717) is 0 Å². The van der Waals surface area contributed by atoms with Gasteiger partial charge in [0.15, 0.2) is 0 Å². The molecule has 0 aliphatic carbocycles. The highest BCUT2D eigenvalue weighted by Gasteiger charge is 1.95. The van der Waals surface area contributed by atoms with Crippen LogP contribution in [0.5, 0.6) is 0 Å². The molecule has 1 aromatic heterocycles. The molecule has 66 valence electrons. The third kappa shape index (κ3) is 2.55. The highest BCUT2D eigenvalue weighted by molar-refractivity contribution is 5.47. The standard InChI is InChI=1S/C10H14O2/c1-2-4-9(8-11)7-10-5-3-6-12-10/h3,5-7,11H,2,4,8H2,1H3. The highest BCUT2D eigenvalue weighted by Crippen LogP contribution is 2.11. The number of furan rings is 1. The maximum Gasteiger partial charge on any atom is 0.126 e. The topological polar surface area (TPSA) is 33.4 Å². The zero-order valence-electron chi connectivity index (χ0n) is 7.29. The van der Waals surface area contributed by atoms with Crippen LogP contribution in [0.15, 0.2) is 28.4 Å². The van der Waals surface area contributed by atoms with E-state index in [9.17, 15) is 0 Å². The Morgan fingerprint density at radius 2 is 2.50 bits per heavy atom. The SMILES string of the molecule is CCCC(=Cc1ccco1)CO. The fourth-order valence-corrected chi connectivity index (χ4v) is 1.09. The third-order valence-electron chi connectivity index (χ3n) is 1.66. The van der Waals surface area contributed by atoms with Gasteiger partial charge >= 0.3 is 0 Å². The van der Waals surface area contributed by atoms with Gasteiger partial charge in [0, 0.05) is 0 Å². The Kier molecular flexibility index (Phi) is 3.61. The third-order valence-corrected chi connectivity index (χ3v) is 1.66. The Morgan fingerprint density at radius 3 is 3.00 bits per heavy atom. The summed E-state index contributed by atoms with van der Waals surface area (Å²) < 4.78 is 5.12. The quantitative estimate of drug-likeness (QED) is 0.745. The Morgan fingerprint density at radius 1 is 1.67 bits per heavy atom. The first kappa shape index (κ1) is 9.07. The van der Waals surface area contributed by atoms with Crippen molar-refractivity contribution < 1.29 is 9.52 Å². The van der Waals surface area contributed by atoms with Gasteiger partial charge in [-0.05, 0) is 30.2 Å². The van der Waals surface area contributed by atoms with Gasteiger partial charge in [0.2, 0.25) is 0 Å². The number of hydrogen-bond donors (Lipinski definition) is 1. The van der Waals surface area contributed by atoms with Crippen molar-refractivity contribution >= 4 is 6.08 Å². The summed E-state index contributed by atoms with van der Waals surface area (Å²) in [5, 5.41) is 8.95. The van der Waals surface area contributed by atoms with Crippen LogP contribution in [-0.4, -0.2) is 11.7 Å². The number of aliphatic hydroxyl groups excluding tert-OH is 1. The molecule has 0 atom stereocenters. The average molecular weight is 166 g/mol. The van der Waals surface area contributed by atoms with Gasteiger partial charge in [-0.25, -0.2) is 0 Å². The lowest BCUT2D eigenvalue weighted by molar-refractivity contribution is 0.327. The van der Waals surface area contributed by atoms with Gasteiger partial charge in [-0.3, -0.25) is 0 Å². The minimum Gasteiger partial charge on any atom is -0.465 e. The normalized spacial score (nSPS) is 12.0. The highest BCUT2D eigenvalue weighted by atomic mass is 16.3. The minimum absolute atomic E-state index is 0.120. The second-order valence-corrected chi connectivity index (χ2v) is 2.73. The molecule has 0 aromatic carbocycles. The van der Waals surface area contributed by atoms with Gasteiger partial charge in [-0.1, -0.05) is 13.3 Å². The van der Waals surface area contributed by atoms with Gasteiger partial charge < -0.3 is 9.52 Å². The summed E-state index contributed by atoms with van der Waals surface area (Å²) in [6.07, 6.45) is 5.50. The molecule has 0 spiro atoms. The van der Waals surface area contributed by atoms with Gasteiger partial charge in [-0.2, -0.15) is 0 Å². The second kappa shape index (κ2) is 4.78. The van der Waals surface area contributed by atoms with E-state index in [0.717, 1.165) is 24.2 Å². The molecule has 0 radical (unpaired) electrons. The molecule has 0 saturated carbocycles. The Labute approximate surface area is 72.5 Å². The van der Waals surface area contributed by atoms with E-state index in [1.807, 2.05) is 18.2 Å². The summed E-state index contributed by atoms with van der Waals surface area (Å²) in [5.41, 5.74) is 1.02. The fourth-order valence-electron chi connectivity index (χ4n) is 1.09. The first-order chi connectivity index (χ1) is 5.86. The second-order valence-electron chi connectivity index (χ2n) is 2.73. The molecule has 0 aliphatic rings. The van der Waals surface area contributed by atoms with Gasteiger partial charge in [0.25, 0.3) is 0 Å². The van der Waals surface area contributed by atoms with Crippen molar-refractivity contribution in [3.05, 3.63) is 29.7 Å². The fraction of sp³-hybridized carbons (Fsp3) is 0.400. The summed E-state index contributed by atoms with van der Waals surface area (Å²) in [5.74, 6) is 0.813. The van der Waals surface area contributed by atoms with Crippen LogP contribution in [0.1, 0.15) is 25.5 Å². The summed E-state index contributed by atoms with van der Waals surface area (Å²) >= 11 is 0. The molecule has 12 heavy (non-hydrogen) atoms. The summed E-state index contributed by atoms with van der Waals surface area (Å²) in [4.78, 5) is 0. The van der Waals surface area contributed by atoms with Crippen LogP contribution >= 0.6 is 0 Å². The van der Waals surface area contributed by atoms with E-state index in [1.165, 1.54) is 0 Å². The maximum absolute atomic E-state index is 8.95. The van der Waals surface area contributed by atoms with E-state index in [4.69, 9.17) is 9.52 Å². The molecule has 0 aliphatic heterocycles. The van der Waals surface area contributed by atoms with Crippen molar-refractivity contribution in [3.8, 4) is 0 Å². The molecule has 1 rings (SSSR count). The van der Waals surface area contributed by atoms with Gasteiger partial charge in [-0.15, -0.1) is 0 Å². The molecule has 1 heterocycles. The molecule has 0 fully saturated rings. The lowest BCUT2D eigenvalue weighted by Gasteiger charge is -1.98. The molecular weight excluding hydrogens is 152 g/mol. The van der Waals surface area contributed by atoms with Crippen LogP contribution in [0, 0.1) is 0 Å². The van der Waals surface area contributed by atoms with Crippen LogP contribution in [0.3, 0.4) is 0 Å². The van der Waals surface area contributed by atoms with Gasteiger partial charge in [0.1, 0.15) is 5.76 Å². The molecule has 1 N–H and O–H groups in total. The number of hydrogen-bond acceptors (Lipinski definition) is 2. The molecule has 0 amide bonds. The number of aliphatic hydroxyl groups is 1. The lowest BCUT2D eigenvalue weighted by Crippen LogP contribution is -1.88. The summed E-state index contributed by atoms with van der Waals surface area (Å²) in [6, 6.07) is 3.72. The number of rotatable bonds is 4. The van der Waals surface area contributed by atoms with Crippen LogP contribution in [0.25, 0.3) is 6.08 Å². The monoisotopic (exact) mass is 166 g/mol. The Hall–Kier alpha value is -1.02. The van der Waals surface area contributed by atoms with Crippen molar-refractivity contribution in [3.63, 3.8) is 0 Å². The average Bonchev–Trinajstić information content (AvgIpc) is 2.56. The molecule has 0 bridgehead atoms. The minimum atomic E-state index is 0.120. The first-order valence-electron chi connectivity index (χ1n) is 4.20. The van der Waals surface area contributed by atoms with E-state index >= 15 is 0 Å². The van der Waals surface area contributed by atoms with E-state index in [-0.39, 0.29) is 6.61 Å². The summed E-state index contributed by atoms with van der Waals surface area (Å²) in [7, 11) is 0. The van der Waals surface area contributed by atoms with Crippen LogP contribution in [0.2, 0.25) is 0 Å². The van der Waals surface area contributed by atoms with E-state index in [2.05, 4.69) is 6.92 Å². The van der Waals surface area contributed by atoms with Crippen molar-refractivity contribution in [2.24, 2.45) is 0 Å². The Balaban J connectivity index is 2.64. The zero-order chi connectivity index (χ0) is 8.81. The van der Waals surface area contributed by atoms with Crippen molar-refractivity contribution in [1.29, 1.82) is 0 Å². The predicted octanol–water partition coefficient (Wildman–Crippen LogP) is 2.46. The van der Waals surface area contributed by atoms with Gasteiger partial charge in [0.05, 0.1) is 12.9 Å². The molecule has 2 nitrogen and oxygen atoms in total. The lowest BCUT2D eigenvalue weighted by atomic mass is 10.1. The maximum atomic E-state index is 8.95. The largest absolute Gasteiger partial charge is 0.465 e. The molecule has 0 unspecified atom stereocenters. The summed E-state index contributed by atoms with van der Waals surface area (Å²) in [6.45, 7) is 2.21. The molecule has 0 saturated heterocycles. The van der Waals surface area contributed by atoms with Crippen molar-refractivity contribution in [2.45, 2.75) is 19.8 Å². The smallest absolute Gasteiger partial charge is 0.126 e. The Bertz CT molecular complexity index is 234. The zero-order valence-corrected chi connectivity index (χ0v) is 7.29. The van der Waals surface area contributed by atoms with E-state index in [1.54, 1.807) is 6.26 Å². The molecule has 1 aromatic rings. The van der Waals surface area contributed by atoms with Crippen LogP contribution < -0.4 is 0 Å². The molecule has 2 heteroatoms. The van der Waals surface area contributed by atoms with Crippen LogP contribution in [-0.2, 0) is 0 Å². The van der Waals surface area contributed by atoms with Crippen LogP contribution in [0.4, 0.5) is 0 Å². The van der Waals surface area contributed by atoms with E-state index < -0.39 is 0 Å². The molecular formula is C10H14O2. The first-order valence-corrected chi connectivity index (χ1v) is 4.20. The predicted molar refractivity (Wildman–Crippen MR) is 48.7 cm³/mol. The van der Waals surface area contributed by atoms with Crippen molar-refractivity contribution in [1.82, 2.24) is 0 Å².